The van der Waals surface area contributed by atoms with Crippen LogP contribution in [0.4, 0.5) is 0 Å². The fraction of sp³-hybridized carbons (Fsp3) is 0.167. The normalized spacial score (nSPS) is 17.3. The molecular weight excluding hydrogens is 262 g/mol. The lowest BCUT2D eigenvalue weighted by molar-refractivity contribution is 0.115. The zero-order chi connectivity index (χ0) is 14.2. The van der Waals surface area contributed by atoms with Crippen molar-refractivity contribution in [2.45, 2.75) is 12.5 Å². The first kappa shape index (κ1) is 12.4. The van der Waals surface area contributed by atoms with Crippen LogP contribution in [0.3, 0.4) is 0 Å². The number of nitrogens with zero attached hydrogens (tertiary/aromatic N) is 1. The number of aliphatic hydroxyl groups is 1. The first-order valence-corrected chi connectivity index (χ1v) is 7.12. The average Bonchev–Trinajstić information content (AvgIpc) is 2.54. The Morgan fingerprint density at radius 1 is 1.05 bits per heavy atom. The summed E-state index contributed by atoms with van der Waals surface area (Å²) >= 11 is 0. The van der Waals surface area contributed by atoms with Crippen LogP contribution in [0.25, 0.3) is 22.2 Å². The van der Waals surface area contributed by atoms with E-state index in [4.69, 9.17) is 9.72 Å². The molecule has 2 heterocycles. The molecule has 0 aliphatic carbocycles. The van der Waals surface area contributed by atoms with Gasteiger partial charge in [0, 0.05) is 22.9 Å². The second-order valence-electron chi connectivity index (χ2n) is 5.29. The lowest BCUT2D eigenvalue weighted by atomic mass is 9.99. The molecule has 1 unspecified atom stereocenters. The van der Waals surface area contributed by atoms with Crippen LogP contribution in [-0.4, -0.2) is 16.7 Å². The van der Waals surface area contributed by atoms with Gasteiger partial charge in [-0.2, -0.15) is 0 Å². The van der Waals surface area contributed by atoms with Gasteiger partial charge in [0.25, 0.3) is 0 Å². The van der Waals surface area contributed by atoms with Gasteiger partial charge < -0.3 is 9.84 Å². The maximum absolute atomic E-state index is 10.1. The van der Waals surface area contributed by atoms with Crippen LogP contribution in [-0.2, 0) is 0 Å². The Bertz CT molecular complexity index is 813. The molecule has 0 radical (unpaired) electrons. The van der Waals surface area contributed by atoms with Crippen LogP contribution in [0.2, 0.25) is 0 Å². The number of aliphatic hydroxyl groups excluding tert-OH is 1. The highest BCUT2D eigenvalue weighted by molar-refractivity contribution is 5.81. The zero-order valence-electron chi connectivity index (χ0n) is 11.5. The molecule has 3 heteroatoms. The van der Waals surface area contributed by atoms with Gasteiger partial charge in [0.05, 0.1) is 23.9 Å². The molecule has 1 aliphatic rings. The zero-order valence-corrected chi connectivity index (χ0v) is 11.5. The van der Waals surface area contributed by atoms with E-state index in [1.165, 1.54) is 0 Å². The summed E-state index contributed by atoms with van der Waals surface area (Å²) in [4.78, 5) is 4.70. The summed E-state index contributed by atoms with van der Waals surface area (Å²) in [6, 6.07) is 18.0. The van der Waals surface area contributed by atoms with Crippen molar-refractivity contribution in [2.75, 3.05) is 6.61 Å². The molecular formula is C18H15NO2. The summed E-state index contributed by atoms with van der Waals surface area (Å²) in [6.07, 6.45) is 0.191. The molecule has 21 heavy (non-hydrogen) atoms. The van der Waals surface area contributed by atoms with E-state index in [9.17, 15) is 5.11 Å². The van der Waals surface area contributed by atoms with Gasteiger partial charge in [0.15, 0.2) is 0 Å². The van der Waals surface area contributed by atoms with E-state index < -0.39 is 6.10 Å². The van der Waals surface area contributed by atoms with Crippen molar-refractivity contribution >= 4 is 10.9 Å². The molecule has 0 fully saturated rings. The summed E-state index contributed by atoms with van der Waals surface area (Å²) in [7, 11) is 0. The van der Waals surface area contributed by atoms with Crippen molar-refractivity contribution in [1.82, 2.24) is 4.98 Å². The third kappa shape index (κ3) is 2.16. The molecule has 1 aromatic heterocycles. The summed E-state index contributed by atoms with van der Waals surface area (Å²) in [6.45, 7) is 0.571. The predicted octanol–water partition coefficient (Wildman–Crippen LogP) is 3.72. The van der Waals surface area contributed by atoms with E-state index >= 15 is 0 Å². The van der Waals surface area contributed by atoms with Gasteiger partial charge in [-0.25, -0.2) is 4.98 Å². The largest absolute Gasteiger partial charge is 0.493 e. The number of hydrogen-bond acceptors (Lipinski definition) is 3. The summed E-state index contributed by atoms with van der Waals surface area (Å²) in [5.74, 6) is 0.776. The van der Waals surface area contributed by atoms with Crippen LogP contribution < -0.4 is 4.74 Å². The topological polar surface area (TPSA) is 42.4 Å². The fourth-order valence-corrected chi connectivity index (χ4v) is 2.76. The van der Waals surface area contributed by atoms with Crippen molar-refractivity contribution in [1.29, 1.82) is 0 Å². The third-order valence-corrected chi connectivity index (χ3v) is 3.91. The molecule has 3 nitrogen and oxygen atoms in total. The van der Waals surface area contributed by atoms with Crippen LogP contribution in [0.1, 0.15) is 18.1 Å². The molecule has 104 valence electrons. The molecule has 1 aliphatic heterocycles. The third-order valence-electron chi connectivity index (χ3n) is 3.91. The van der Waals surface area contributed by atoms with Gasteiger partial charge in [-0.3, -0.25) is 0 Å². The number of rotatable bonds is 1. The monoisotopic (exact) mass is 277 g/mol. The molecule has 2 aromatic carbocycles. The molecule has 4 rings (SSSR count). The Kier molecular flexibility index (Phi) is 2.86. The Morgan fingerprint density at radius 2 is 1.95 bits per heavy atom. The molecule has 1 atom stereocenters. The van der Waals surface area contributed by atoms with E-state index in [0.29, 0.717) is 13.0 Å². The Balaban J connectivity index is 1.83. The van der Waals surface area contributed by atoms with Crippen LogP contribution in [0.5, 0.6) is 5.75 Å². The van der Waals surface area contributed by atoms with Gasteiger partial charge in [-0.05, 0) is 30.3 Å². The average molecular weight is 277 g/mol. The summed E-state index contributed by atoms with van der Waals surface area (Å²) in [5, 5.41) is 11.2. The smallest absolute Gasteiger partial charge is 0.125 e. The van der Waals surface area contributed by atoms with Crippen molar-refractivity contribution in [3.63, 3.8) is 0 Å². The molecule has 1 N–H and O–H groups in total. The molecule has 0 saturated carbocycles. The fourth-order valence-electron chi connectivity index (χ4n) is 2.76. The van der Waals surface area contributed by atoms with E-state index in [2.05, 4.69) is 12.1 Å². The number of hydrogen-bond donors (Lipinski definition) is 1. The number of fused-ring (bicyclic) bond motifs is 2. The van der Waals surface area contributed by atoms with E-state index in [1.54, 1.807) is 0 Å². The summed E-state index contributed by atoms with van der Waals surface area (Å²) in [5.41, 5.74) is 3.75. The van der Waals surface area contributed by atoms with Gasteiger partial charge >= 0.3 is 0 Å². The lowest BCUT2D eigenvalue weighted by Crippen LogP contribution is -2.13. The molecule has 0 spiro atoms. The van der Waals surface area contributed by atoms with E-state index in [-0.39, 0.29) is 0 Å². The van der Waals surface area contributed by atoms with Gasteiger partial charge in [-0.15, -0.1) is 0 Å². The van der Waals surface area contributed by atoms with Crippen molar-refractivity contribution in [3.05, 3.63) is 60.2 Å². The highest BCUT2D eigenvalue weighted by Gasteiger charge is 2.19. The second kappa shape index (κ2) is 4.86. The number of pyridine rings is 1. The highest BCUT2D eigenvalue weighted by atomic mass is 16.5. The van der Waals surface area contributed by atoms with Crippen molar-refractivity contribution in [2.24, 2.45) is 0 Å². The quantitative estimate of drug-likeness (QED) is 0.737. The minimum absolute atomic E-state index is 0.450. The van der Waals surface area contributed by atoms with Crippen LogP contribution in [0.15, 0.2) is 54.6 Å². The highest BCUT2D eigenvalue weighted by Crippen LogP contribution is 2.35. The minimum Gasteiger partial charge on any atom is -0.493 e. The maximum atomic E-state index is 10.1. The van der Waals surface area contributed by atoms with E-state index in [1.807, 2.05) is 42.5 Å². The molecule has 0 bridgehead atoms. The maximum Gasteiger partial charge on any atom is 0.125 e. The van der Waals surface area contributed by atoms with Gasteiger partial charge in [-0.1, -0.05) is 24.3 Å². The molecule has 3 aromatic rings. The van der Waals surface area contributed by atoms with Gasteiger partial charge in [0.2, 0.25) is 0 Å². The SMILES string of the molecule is OC1CCOc2ccc(-c3ccc4ccccc4n3)cc21. The number of ether oxygens (including phenoxy) is 1. The Hall–Kier alpha value is -2.39. The van der Waals surface area contributed by atoms with Crippen molar-refractivity contribution < 1.29 is 9.84 Å². The number of benzene rings is 2. The minimum atomic E-state index is -0.450. The number of aromatic nitrogens is 1. The van der Waals surface area contributed by atoms with E-state index in [0.717, 1.165) is 33.5 Å². The lowest BCUT2D eigenvalue weighted by Gasteiger charge is -2.22. The first-order valence-electron chi connectivity index (χ1n) is 7.12. The Labute approximate surface area is 122 Å². The first-order chi connectivity index (χ1) is 10.3. The standard InChI is InChI=1S/C18H15NO2/c20-17-9-10-21-18-8-6-13(11-14(17)18)16-7-5-12-3-1-2-4-15(12)19-16/h1-8,11,17,20H,9-10H2. The number of para-hydroxylation sites is 1. The predicted molar refractivity (Wildman–Crippen MR) is 82.3 cm³/mol. The second-order valence-corrected chi connectivity index (χ2v) is 5.29. The van der Waals surface area contributed by atoms with Crippen LogP contribution in [0, 0.1) is 0 Å². The van der Waals surface area contributed by atoms with Gasteiger partial charge in [0.1, 0.15) is 5.75 Å². The van der Waals surface area contributed by atoms with Crippen LogP contribution >= 0.6 is 0 Å². The Morgan fingerprint density at radius 3 is 2.90 bits per heavy atom. The van der Waals surface area contributed by atoms with Crippen molar-refractivity contribution in [3.8, 4) is 17.0 Å². The molecule has 0 amide bonds. The molecule has 0 saturated heterocycles. The summed E-state index contributed by atoms with van der Waals surface area (Å²) < 4.78 is 5.57.